The smallest absolute Gasteiger partial charge is 0.247 e. The third-order valence-corrected chi connectivity index (χ3v) is 3.11. The number of nitrogens with zero attached hydrogens (tertiary/aromatic N) is 4. The summed E-state index contributed by atoms with van der Waals surface area (Å²) in [6.45, 7) is 2.41. The summed E-state index contributed by atoms with van der Waals surface area (Å²) in [7, 11) is 0. The molecule has 2 aromatic heterocycles. The highest BCUT2D eigenvalue weighted by molar-refractivity contribution is 7.71. The van der Waals surface area contributed by atoms with Crippen molar-refractivity contribution < 1.29 is 4.39 Å². The molecule has 0 N–H and O–H groups in total. The molecule has 0 unspecified atom stereocenters. The third-order valence-electron chi connectivity index (χ3n) is 2.81. The van der Waals surface area contributed by atoms with Gasteiger partial charge in [0, 0.05) is 12.4 Å². The van der Waals surface area contributed by atoms with E-state index in [1.807, 2.05) is 19.2 Å². The predicted molar refractivity (Wildman–Crippen MR) is 72.1 cm³/mol. The van der Waals surface area contributed by atoms with Crippen molar-refractivity contribution in [2.24, 2.45) is 0 Å². The molecule has 3 aromatic rings. The fourth-order valence-electron chi connectivity index (χ4n) is 1.95. The molecule has 19 heavy (non-hydrogen) atoms. The van der Waals surface area contributed by atoms with Crippen LogP contribution < -0.4 is 0 Å². The Morgan fingerprint density at radius 3 is 3.00 bits per heavy atom. The maximum atomic E-state index is 13.2. The van der Waals surface area contributed by atoms with E-state index in [0.29, 0.717) is 17.1 Å². The highest BCUT2D eigenvalue weighted by atomic mass is 32.1. The summed E-state index contributed by atoms with van der Waals surface area (Å²) in [5, 5.41) is 0. The first kappa shape index (κ1) is 12.0. The minimum absolute atomic E-state index is 0.257. The second-order valence-corrected chi connectivity index (χ2v) is 4.72. The van der Waals surface area contributed by atoms with Gasteiger partial charge in [0.2, 0.25) is 4.77 Å². The Balaban J connectivity index is 2.12. The summed E-state index contributed by atoms with van der Waals surface area (Å²) in [5.41, 5.74) is 1.84. The first-order valence-corrected chi connectivity index (χ1v) is 6.20. The van der Waals surface area contributed by atoms with Crippen LogP contribution in [0.1, 0.15) is 11.1 Å². The lowest BCUT2D eigenvalue weighted by molar-refractivity contribution is 0.604. The molecular weight excluding hydrogens is 263 g/mol. The van der Waals surface area contributed by atoms with Crippen LogP contribution in [0.5, 0.6) is 0 Å². The Bertz CT molecular complexity index is 806. The largest absolute Gasteiger partial charge is 0.251 e. The van der Waals surface area contributed by atoms with Crippen molar-refractivity contribution in [2.45, 2.75) is 13.5 Å². The van der Waals surface area contributed by atoms with Crippen LogP contribution >= 0.6 is 12.2 Å². The van der Waals surface area contributed by atoms with E-state index in [9.17, 15) is 4.39 Å². The topological polar surface area (TPSA) is 35.1 Å². The summed E-state index contributed by atoms with van der Waals surface area (Å²) >= 11 is 5.23. The SMILES string of the molecule is Cc1cnc2nc(=S)n(Cc3cccc(F)c3)n2c1. The summed E-state index contributed by atoms with van der Waals surface area (Å²) < 4.78 is 17.2. The van der Waals surface area contributed by atoms with Crippen LogP contribution in [0, 0.1) is 17.5 Å². The molecule has 96 valence electrons. The monoisotopic (exact) mass is 274 g/mol. The standard InChI is InChI=1S/C13H11FN4S/c1-9-6-15-12-16-13(19)18(17(12)7-9)8-10-3-2-4-11(14)5-10/h2-7H,8H2,1H3. The van der Waals surface area contributed by atoms with Crippen LogP contribution in [-0.2, 0) is 6.54 Å². The van der Waals surface area contributed by atoms with E-state index in [1.165, 1.54) is 12.1 Å². The van der Waals surface area contributed by atoms with Gasteiger partial charge in [-0.3, -0.25) is 0 Å². The molecule has 0 fully saturated rings. The summed E-state index contributed by atoms with van der Waals surface area (Å²) in [6, 6.07) is 6.45. The third kappa shape index (κ3) is 2.26. The molecule has 0 amide bonds. The molecule has 0 atom stereocenters. The zero-order valence-electron chi connectivity index (χ0n) is 10.2. The first-order valence-electron chi connectivity index (χ1n) is 5.80. The van der Waals surface area contributed by atoms with E-state index >= 15 is 0 Å². The van der Waals surface area contributed by atoms with Gasteiger partial charge in [-0.05, 0) is 42.4 Å². The number of halogens is 1. The highest BCUT2D eigenvalue weighted by Gasteiger charge is 2.06. The molecule has 0 aliphatic heterocycles. The van der Waals surface area contributed by atoms with Crippen molar-refractivity contribution in [3.05, 3.63) is 58.4 Å². The molecule has 2 heterocycles. The normalized spacial score (nSPS) is 11.1. The number of aryl methyl sites for hydroxylation is 1. The second-order valence-electron chi connectivity index (χ2n) is 4.36. The van der Waals surface area contributed by atoms with Crippen molar-refractivity contribution in [1.29, 1.82) is 0 Å². The van der Waals surface area contributed by atoms with Gasteiger partial charge in [0.15, 0.2) is 0 Å². The quantitative estimate of drug-likeness (QED) is 0.674. The fraction of sp³-hybridized carbons (Fsp3) is 0.154. The van der Waals surface area contributed by atoms with E-state index in [0.717, 1.165) is 11.1 Å². The summed E-state index contributed by atoms with van der Waals surface area (Å²) in [6.07, 6.45) is 3.65. The van der Waals surface area contributed by atoms with Crippen LogP contribution in [-0.4, -0.2) is 19.2 Å². The maximum absolute atomic E-state index is 13.2. The van der Waals surface area contributed by atoms with Gasteiger partial charge >= 0.3 is 0 Å². The van der Waals surface area contributed by atoms with Gasteiger partial charge in [-0.2, -0.15) is 4.98 Å². The zero-order chi connectivity index (χ0) is 13.4. The lowest BCUT2D eigenvalue weighted by atomic mass is 10.2. The Labute approximate surface area is 114 Å². The van der Waals surface area contributed by atoms with Crippen molar-refractivity contribution >= 4 is 18.0 Å². The Morgan fingerprint density at radius 2 is 2.21 bits per heavy atom. The van der Waals surface area contributed by atoms with E-state index < -0.39 is 0 Å². The molecule has 0 saturated carbocycles. The lowest BCUT2D eigenvalue weighted by Crippen LogP contribution is -2.08. The molecule has 0 spiro atoms. The number of hydrogen-bond donors (Lipinski definition) is 0. The molecule has 0 saturated heterocycles. The van der Waals surface area contributed by atoms with Crippen molar-refractivity contribution in [3.63, 3.8) is 0 Å². The minimum Gasteiger partial charge on any atom is -0.247 e. The molecule has 1 aromatic carbocycles. The molecule has 0 aliphatic carbocycles. The number of aromatic nitrogens is 4. The Kier molecular flexibility index (Phi) is 2.87. The number of hydrogen-bond acceptors (Lipinski definition) is 3. The number of rotatable bonds is 2. The molecular formula is C13H11FN4S. The van der Waals surface area contributed by atoms with E-state index in [-0.39, 0.29) is 5.82 Å². The van der Waals surface area contributed by atoms with Crippen molar-refractivity contribution in [3.8, 4) is 0 Å². The molecule has 0 bridgehead atoms. The van der Waals surface area contributed by atoms with Crippen LogP contribution in [0.2, 0.25) is 0 Å². The average molecular weight is 274 g/mol. The number of benzene rings is 1. The van der Waals surface area contributed by atoms with Gasteiger partial charge in [-0.15, -0.1) is 0 Å². The average Bonchev–Trinajstić information content (AvgIpc) is 2.66. The second kappa shape index (κ2) is 4.55. The Morgan fingerprint density at radius 1 is 1.37 bits per heavy atom. The van der Waals surface area contributed by atoms with Gasteiger partial charge in [-0.1, -0.05) is 12.1 Å². The van der Waals surface area contributed by atoms with Gasteiger partial charge < -0.3 is 0 Å². The van der Waals surface area contributed by atoms with Gasteiger partial charge in [0.25, 0.3) is 5.78 Å². The van der Waals surface area contributed by atoms with Crippen molar-refractivity contribution in [1.82, 2.24) is 19.2 Å². The maximum Gasteiger partial charge on any atom is 0.251 e. The van der Waals surface area contributed by atoms with Crippen molar-refractivity contribution in [2.75, 3.05) is 0 Å². The summed E-state index contributed by atoms with van der Waals surface area (Å²) in [5.74, 6) is 0.291. The van der Waals surface area contributed by atoms with Gasteiger partial charge in [0.05, 0.1) is 6.54 Å². The van der Waals surface area contributed by atoms with E-state index in [2.05, 4.69) is 9.97 Å². The molecule has 4 nitrogen and oxygen atoms in total. The van der Waals surface area contributed by atoms with E-state index in [1.54, 1.807) is 21.5 Å². The molecule has 3 rings (SSSR count). The number of fused-ring (bicyclic) bond motifs is 1. The lowest BCUT2D eigenvalue weighted by Gasteiger charge is -2.06. The van der Waals surface area contributed by atoms with Gasteiger partial charge in [0.1, 0.15) is 5.82 Å². The molecule has 6 heteroatoms. The molecule has 0 aliphatic rings. The first-order chi connectivity index (χ1) is 9.13. The van der Waals surface area contributed by atoms with Crippen LogP contribution in [0.4, 0.5) is 4.39 Å². The van der Waals surface area contributed by atoms with Gasteiger partial charge in [-0.25, -0.2) is 18.6 Å². The Hall–Kier alpha value is -2.08. The van der Waals surface area contributed by atoms with Crippen LogP contribution in [0.15, 0.2) is 36.7 Å². The zero-order valence-corrected chi connectivity index (χ0v) is 11.1. The van der Waals surface area contributed by atoms with E-state index in [4.69, 9.17) is 12.2 Å². The minimum atomic E-state index is -0.257. The summed E-state index contributed by atoms with van der Waals surface area (Å²) in [4.78, 5) is 8.42. The van der Waals surface area contributed by atoms with Crippen LogP contribution in [0.3, 0.4) is 0 Å². The highest BCUT2D eigenvalue weighted by Crippen LogP contribution is 2.08. The molecule has 0 radical (unpaired) electrons. The van der Waals surface area contributed by atoms with Crippen LogP contribution in [0.25, 0.3) is 5.78 Å². The predicted octanol–water partition coefficient (Wildman–Crippen LogP) is 2.76. The fourth-order valence-corrected chi connectivity index (χ4v) is 2.18.